The van der Waals surface area contributed by atoms with Crippen LogP contribution in [0, 0.1) is 6.92 Å². The summed E-state index contributed by atoms with van der Waals surface area (Å²) in [6.45, 7) is 6.48. The van der Waals surface area contributed by atoms with Gasteiger partial charge >= 0.3 is 0 Å². The molecule has 4 heteroatoms. The molecule has 0 atom stereocenters. The van der Waals surface area contributed by atoms with Crippen LogP contribution in [0.3, 0.4) is 0 Å². The van der Waals surface area contributed by atoms with Crippen LogP contribution in [-0.4, -0.2) is 21.5 Å². The summed E-state index contributed by atoms with van der Waals surface area (Å²) >= 11 is 0. The van der Waals surface area contributed by atoms with Crippen molar-refractivity contribution in [3.05, 3.63) is 117 Å². The average molecular weight is 443 g/mol. The van der Waals surface area contributed by atoms with E-state index in [2.05, 4.69) is 51.1 Å². The smallest absolute Gasteiger partial charge is 0.214 e. The zero-order valence-electron chi connectivity index (χ0n) is 19.2. The molecule has 1 heterocycles. The number of carbonyl (C=O) groups is 2. The Morgan fingerprint density at radius 1 is 0.647 bits per heavy atom. The predicted molar refractivity (Wildman–Crippen MR) is 133 cm³/mol. The molecule has 164 valence electrons. The van der Waals surface area contributed by atoms with Gasteiger partial charge in [-0.05, 0) is 41.2 Å². The van der Waals surface area contributed by atoms with Crippen LogP contribution in [0.2, 0.25) is 0 Å². The normalized spacial score (nSPS) is 14.8. The van der Waals surface area contributed by atoms with Crippen LogP contribution in [-0.2, 0) is 0 Å². The van der Waals surface area contributed by atoms with Gasteiger partial charge in [0.25, 0.3) is 0 Å². The molecule has 0 saturated heterocycles. The van der Waals surface area contributed by atoms with Crippen molar-refractivity contribution in [2.24, 2.45) is 0 Å². The Kier molecular flexibility index (Phi) is 4.46. The molecule has 1 aromatic heterocycles. The monoisotopic (exact) mass is 442 g/mol. The Bertz CT molecular complexity index is 1580. The summed E-state index contributed by atoms with van der Waals surface area (Å²) in [4.78, 5) is 36.1. The lowest BCUT2D eigenvalue weighted by Gasteiger charge is -2.17. The van der Waals surface area contributed by atoms with Crippen molar-refractivity contribution in [3.63, 3.8) is 0 Å². The second kappa shape index (κ2) is 7.42. The van der Waals surface area contributed by atoms with Crippen LogP contribution in [0.15, 0.2) is 66.7 Å². The fourth-order valence-corrected chi connectivity index (χ4v) is 5.01. The van der Waals surface area contributed by atoms with Crippen LogP contribution < -0.4 is 0 Å². The third-order valence-electron chi connectivity index (χ3n) is 6.74. The number of aryl methyl sites for hydroxylation is 1. The first kappa shape index (κ1) is 20.4. The zero-order chi connectivity index (χ0) is 23.6. The maximum absolute atomic E-state index is 13.3. The molecule has 0 radical (unpaired) electrons. The minimum absolute atomic E-state index is 0.134. The molecule has 0 unspecified atom stereocenters. The first-order valence-corrected chi connectivity index (χ1v) is 11.5. The minimum Gasteiger partial charge on any atom is -0.287 e. The maximum atomic E-state index is 13.3. The van der Waals surface area contributed by atoms with Gasteiger partial charge in [0.1, 0.15) is 11.4 Å². The standard InChI is InChI=1S/C30H22N2O2/c1-16(2)18-14-8-9-17(3)23(18)15-24-19-10-4-5-11-20(19)25-26(24)32-28-27(31-25)29(33)21-12-6-7-13-22(21)30(28)34/h4-16H,1-3H3/b24-15+. The molecular weight excluding hydrogens is 420 g/mol. The van der Waals surface area contributed by atoms with E-state index in [9.17, 15) is 9.59 Å². The highest BCUT2D eigenvalue weighted by atomic mass is 16.1. The van der Waals surface area contributed by atoms with E-state index in [4.69, 9.17) is 9.97 Å². The maximum Gasteiger partial charge on any atom is 0.214 e. The van der Waals surface area contributed by atoms with Gasteiger partial charge < -0.3 is 0 Å². The predicted octanol–water partition coefficient (Wildman–Crippen LogP) is 6.25. The lowest BCUT2D eigenvalue weighted by molar-refractivity contribution is 0.0971. The molecule has 3 aromatic carbocycles. The SMILES string of the molecule is Cc1cccc(C(C)C)c1/C=C1\c2ccccc2-c2nc3c(nc21)C(=O)c1ccccc1C3=O. The Labute approximate surface area is 198 Å². The molecule has 0 amide bonds. The summed E-state index contributed by atoms with van der Waals surface area (Å²) in [5.74, 6) is -0.154. The topological polar surface area (TPSA) is 59.9 Å². The number of hydrogen-bond acceptors (Lipinski definition) is 4. The highest BCUT2D eigenvalue weighted by Crippen LogP contribution is 2.44. The van der Waals surface area contributed by atoms with Crippen molar-refractivity contribution < 1.29 is 9.59 Å². The quantitative estimate of drug-likeness (QED) is 0.318. The Hall–Kier alpha value is -4.18. The van der Waals surface area contributed by atoms with Crippen molar-refractivity contribution in [3.8, 4) is 11.3 Å². The first-order chi connectivity index (χ1) is 16.5. The van der Waals surface area contributed by atoms with Crippen LogP contribution in [0.25, 0.3) is 22.9 Å². The third kappa shape index (κ3) is 2.85. The summed E-state index contributed by atoms with van der Waals surface area (Å²) < 4.78 is 0. The van der Waals surface area contributed by atoms with Gasteiger partial charge in [-0.2, -0.15) is 0 Å². The van der Waals surface area contributed by atoms with E-state index in [1.807, 2.05) is 18.2 Å². The van der Waals surface area contributed by atoms with E-state index in [1.54, 1.807) is 24.3 Å². The van der Waals surface area contributed by atoms with E-state index in [-0.39, 0.29) is 23.0 Å². The second-order valence-electron chi connectivity index (χ2n) is 9.16. The van der Waals surface area contributed by atoms with Crippen molar-refractivity contribution >= 4 is 23.2 Å². The zero-order valence-corrected chi connectivity index (χ0v) is 19.2. The number of fused-ring (bicyclic) bond motifs is 5. The fourth-order valence-electron chi connectivity index (χ4n) is 5.01. The van der Waals surface area contributed by atoms with Gasteiger partial charge in [-0.15, -0.1) is 0 Å². The first-order valence-electron chi connectivity index (χ1n) is 11.5. The van der Waals surface area contributed by atoms with Crippen LogP contribution >= 0.6 is 0 Å². The molecule has 0 N–H and O–H groups in total. The van der Waals surface area contributed by atoms with Crippen molar-refractivity contribution in [2.75, 3.05) is 0 Å². The molecule has 4 nitrogen and oxygen atoms in total. The Morgan fingerprint density at radius 2 is 1.21 bits per heavy atom. The number of ketones is 2. The summed E-state index contributed by atoms with van der Waals surface area (Å²) in [5, 5.41) is 0. The van der Waals surface area contributed by atoms with Crippen LogP contribution in [0.5, 0.6) is 0 Å². The Morgan fingerprint density at radius 3 is 1.82 bits per heavy atom. The van der Waals surface area contributed by atoms with Gasteiger partial charge in [-0.25, -0.2) is 9.97 Å². The Balaban J connectivity index is 1.63. The number of aromatic nitrogens is 2. The summed E-state index contributed by atoms with van der Waals surface area (Å²) in [6, 6.07) is 21.2. The minimum atomic E-state index is -0.255. The van der Waals surface area contributed by atoms with Crippen LogP contribution in [0.1, 0.15) is 79.8 Å². The lowest BCUT2D eigenvalue weighted by atomic mass is 9.89. The molecule has 4 aromatic rings. The molecule has 34 heavy (non-hydrogen) atoms. The molecule has 0 aliphatic heterocycles. The molecule has 2 aliphatic rings. The average Bonchev–Trinajstić information content (AvgIpc) is 3.15. The number of benzene rings is 3. The number of rotatable bonds is 2. The largest absolute Gasteiger partial charge is 0.287 e. The van der Waals surface area contributed by atoms with Gasteiger partial charge in [0, 0.05) is 22.3 Å². The molecule has 6 rings (SSSR count). The second-order valence-corrected chi connectivity index (χ2v) is 9.16. The molecular formula is C30H22N2O2. The molecule has 0 spiro atoms. The summed E-state index contributed by atoms with van der Waals surface area (Å²) in [6.07, 6.45) is 2.17. The van der Waals surface area contributed by atoms with Gasteiger partial charge in [0.05, 0.1) is 11.4 Å². The van der Waals surface area contributed by atoms with E-state index in [1.165, 1.54) is 11.1 Å². The number of carbonyl (C=O) groups excluding carboxylic acids is 2. The third-order valence-corrected chi connectivity index (χ3v) is 6.74. The van der Waals surface area contributed by atoms with Gasteiger partial charge in [-0.3, -0.25) is 9.59 Å². The number of hydrogen-bond donors (Lipinski definition) is 0. The molecule has 0 fully saturated rings. The van der Waals surface area contributed by atoms with E-state index in [0.717, 1.165) is 22.3 Å². The van der Waals surface area contributed by atoms with Gasteiger partial charge in [-0.1, -0.05) is 80.6 Å². The van der Waals surface area contributed by atoms with E-state index >= 15 is 0 Å². The summed E-state index contributed by atoms with van der Waals surface area (Å²) in [5.41, 5.74) is 8.80. The summed E-state index contributed by atoms with van der Waals surface area (Å²) in [7, 11) is 0. The number of nitrogens with zero attached hydrogens (tertiary/aromatic N) is 2. The molecule has 0 bridgehead atoms. The van der Waals surface area contributed by atoms with Crippen LogP contribution in [0.4, 0.5) is 0 Å². The lowest BCUT2D eigenvalue weighted by Crippen LogP contribution is -2.24. The van der Waals surface area contributed by atoms with Gasteiger partial charge in [0.15, 0.2) is 0 Å². The fraction of sp³-hybridized carbons (Fsp3) is 0.133. The van der Waals surface area contributed by atoms with Gasteiger partial charge in [0.2, 0.25) is 11.6 Å². The highest BCUT2D eigenvalue weighted by molar-refractivity contribution is 6.27. The highest BCUT2D eigenvalue weighted by Gasteiger charge is 2.36. The molecule has 2 aliphatic carbocycles. The van der Waals surface area contributed by atoms with E-state index < -0.39 is 0 Å². The molecule has 0 saturated carbocycles. The van der Waals surface area contributed by atoms with Crippen molar-refractivity contribution in [1.82, 2.24) is 9.97 Å². The van der Waals surface area contributed by atoms with E-state index in [0.29, 0.717) is 28.4 Å². The van der Waals surface area contributed by atoms with Crippen molar-refractivity contribution in [2.45, 2.75) is 26.7 Å². The van der Waals surface area contributed by atoms with Crippen molar-refractivity contribution in [1.29, 1.82) is 0 Å².